The molecule has 0 saturated carbocycles. The van der Waals surface area contributed by atoms with E-state index in [4.69, 9.17) is 16.3 Å². The third-order valence-corrected chi connectivity index (χ3v) is 5.02. The van der Waals surface area contributed by atoms with E-state index in [0.29, 0.717) is 6.04 Å². The molecule has 2 rings (SSSR count). The van der Waals surface area contributed by atoms with Crippen molar-refractivity contribution in [1.82, 2.24) is 10.2 Å². The normalized spacial score (nSPS) is 22.9. The van der Waals surface area contributed by atoms with Crippen LogP contribution in [0, 0.1) is 0 Å². The standard InChI is InChI=1S/C14H23ClN2OS/c1-4-16-13(14-11(15)5-8-19-14)12-9-17(10(2)3)6-7-18-12/h5,8,10,12-13,16H,4,6-7,9H2,1-3H3. The van der Waals surface area contributed by atoms with Crippen LogP contribution in [0.4, 0.5) is 0 Å². The number of morpholine rings is 1. The highest BCUT2D eigenvalue weighted by Crippen LogP contribution is 2.33. The Kier molecular flexibility index (Phi) is 5.66. The van der Waals surface area contributed by atoms with Gasteiger partial charge in [-0.2, -0.15) is 0 Å². The first kappa shape index (κ1) is 15.3. The Labute approximate surface area is 124 Å². The average molecular weight is 303 g/mol. The number of likely N-dealkylation sites (N-methyl/N-ethyl adjacent to an activating group) is 1. The highest BCUT2D eigenvalue weighted by Gasteiger charge is 2.31. The van der Waals surface area contributed by atoms with Crippen molar-refractivity contribution >= 4 is 22.9 Å². The first-order chi connectivity index (χ1) is 9.13. The maximum absolute atomic E-state index is 6.29. The lowest BCUT2D eigenvalue weighted by Crippen LogP contribution is -2.50. The summed E-state index contributed by atoms with van der Waals surface area (Å²) in [6, 6.07) is 2.72. The fourth-order valence-corrected chi connectivity index (χ4v) is 3.81. The van der Waals surface area contributed by atoms with Crippen molar-refractivity contribution in [2.45, 2.75) is 39.0 Å². The molecule has 1 N–H and O–H groups in total. The second kappa shape index (κ2) is 7.04. The molecule has 2 unspecified atom stereocenters. The van der Waals surface area contributed by atoms with Gasteiger partial charge in [-0.25, -0.2) is 0 Å². The first-order valence-electron chi connectivity index (χ1n) is 6.95. The fraction of sp³-hybridized carbons (Fsp3) is 0.714. The van der Waals surface area contributed by atoms with Crippen LogP contribution in [0.5, 0.6) is 0 Å². The van der Waals surface area contributed by atoms with E-state index in [1.54, 1.807) is 11.3 Å². The summed E-state index contributed by atoms with van der Waals surface area (Å²) in [5.41, 5.74) is 0. The van der Waals surface area contributed by atoms with Gasteiger partial charge in [0.15, 0.2) is 0 Å². The molecular weight excluding hydrogens is 280 g/mol. The smallest absolute Gasteiger partial charge is 0.0905 e. The van der Waals surface area contributed by atoms with Gasteiger partial charge in [-0.05, 0) is 31.8 Å². The molecular formula is C14H23ClN2OS. The molecule has 1 saturated heterocycles. The van der Waals surface area contributed by atoms with E-state index in [1.165, 1.54) is 4.88 Å². The van der Waals surface area contributed by atoms with Gasteiger partial charge in [-0.1, -0.05) is 18.5 Å². The largest absolute Gasteiger partial charge is 0.374 e. The van der Waals surface area contributed by atoms with Crippen LogP contribution in [0.2, 0.25) is 5.02 Å². The van der Waals surface area contributed by atoms with Gasteiger partial charge >= 0.3 is 0 Å². The average Bonchev–Trinajstić information content (AvgIpc) is 2.82. The molecule has 1 aliphatic rings. The summed E-state index contributed by atoms with van der Waals surface area (Å²) in [7, 11) is 0. The van der Waals surface area contributed by atoms with Crippen LogP contribution in [0.15, 0.2) is 11.4 Å². The van der Waals surface area contributed by atoms with Gasteiger partial charge in [-0.15, -0.1) is 11.3 Å². The lowest BCUT2D eigenvalue weighted by Gasteiger charge is -2.39. The second-order valence-electron chi connectivity index (χ2n) is 5.17. The number of nitrogens with zero attached hydrogens (tertiary/aromatic N) is 1. The van der Waals surface area contributed by atoms with Gasteiger partial charge in [0.05, 0.1) is 23.8 Å². The zero-order valence-electron chi connectivity index (χ0n) is 11.9. The molecule has 2 heterocycles. The summed E-state index contributed by atoms with van der Waals surface area (Å²) in [6.45, 7) is 10.3. The third kappa shape index (κ3) is 3.70. The molecule has 0 radical (unpaired) electrons. The molecule has 5 heteroatoms. The van der Waals surface area contributed by atoms with E-state index >= 15 is 0 Å². The highest BCUT2D eigenvalue weighted by molar-refractivity contribution is 7.10. The number of nitrogens with one attached hydrogen (secondary N) is 1. The van der Waals surface area contributed by atoms with E-state index in [9.17, 15) is 0 Å². The summed E-state index contributed by atoms with van der Waals surface area (Å²) < 4.78 is 6.00. The molecule has 0 aromatic carbocycles. The van der Waals surface area contributed by atoms with Crippen LogP contribution in [0.3, 0.4) is 0 Å². The number of halogens is 1. The Morgan fingerprint density at radius 2 is 2.37 bits per heavy atom. The van der Waals surface area contributed by atoms with Crippen LogP contribution in [0.25, 0.3) is 0 Å². The number of rotatable bonds is 5. The number of hydrogen-bond donors (Lipinski definition) is 1. The Balaban J connectivity index is 2.13. The monoisotopic (exact) mass is 302 g/mol. The van der Waals surface area contributed by atoms with Gasteiger partial charge in [0.25, 0.3) is 0 Å². The van der Waals surface area contributed by atoms with Crippen molar-refractivity contribution in [2.75, 3.05) is 26.2 Å². The SMILES string of the molecule is CCNC(c1sccc1Cl)C1CN(C(C)C)CCO1. The van der Waals surface area contributed by atoms with Crippen molar-refractivity contribution in [3.05, 3.63) is 21.3 Å². The molecule has 108 valence electrons. The summed E-state index contributed by atoms with van der Waals surface area (Å²) in [6.07, 6.45) is 0.173. The van der Waals surface area contributed by atoms with Crippen molar-refractivity contribution in [2.24, 2.45) is 0 Å². The minimum Gasteiger partial charge on any atom is -0.374 e. The highest BCUT2D eigenvalue weighted by atomic mass is 35.5. The predicted octanol–water partition coefficient (Wildman–Crippen LogP) is 3.16. The molecule has 0 spiro atoms. The minimum absolute atomic E-state index is 0.173. The number of thiophene rings is 1. The molecule has 1 aliphatic heterocycles. The number of ether oxygens (including phenoxy) is 1. The molecule has 0 amide bonds. The number of hydrogen-bond acceptors (Lipinski definition) is 4. The van der Waals surface area contributed by atoms with E-state index in [-0.39, 0.29) is 12.1 Å². The van der Waals surface area contributed by atoms with Gasteiger partial charge in [0.1, 0.15) is 0 Å². The Hall–Kier alpha value is -0.130. The van der Waals surface area contributed by atoms with Crippen LogP contribution in [0.1, 0.15) is 31.7 Å². The molecule has 1 fully saturated rings. The minimum atomic E-state index is 0.173. The summed E-state index contributed by atoms with van der Waals surface area (Å²) in [5.74, 6) is 0. The molecule has 2 atom stereocenters. The Bertz CT molecular complexity index is 397. The van der Waals surface area contributed by atoms with E-state index < -0.39 is 0 Å². The van der Waals surface area contributed by atoms with Crippen LogP contribution < -0.4 is 5.32 Å². The van der Waals surface area contributed by atoms with Gasteiger partial charge < -0.3 is 10.1 Å². The Morgan fingerprint density at radius 1 is 1.58 bits per heavy atom. The van der Waals surface area contributed by atoms with Crippen molar-refractivity contribution in [3.8, 4) is 0 Å². The predicted molar refractivity (Wildman–Crippen MR) is 82.2 cm³/mol. The van der Waals surface area contributed by atoms with Gasteiger partial charge in [0, 0.05) is 24.0 Å². The Morgan fingerprint density at radius 3 is 2.95 bits per heavy atom. The van der Waals surface area contributed by atoms with Crippen molar-refractivity contribution in [1.29, 1.82) is 0 Å². The van der Waals surface area contributed by atoms with E-state index in [0.717, 1.165) is 31.3 Å². The zero-order chi connectivity index (χ0) is 13.8. The first-order valence-corrected chi connectivity index (χ1v) is 8.21. The molecule has 0 bridgehead atoms. The summed E-state index contributed by atoms with van der Waals surface area (Å²) in [5, 5.41) is 6.42. The van der Waals surface area contributed by atoms with Crippen LogP contribution in [-0.4, -0.2) is 43.3 Å². The van der Waals surface area contributed by atoms with Crippen LogP contribution in [-0.2, 0) is 4.74 Å². The van der Waals surface area contributed by atoms with E-state index in [1.807, 2.05) is 11.4 Å². The molecule has 1 aromatic heterocycles. The maximum atomic E-state index is 6.29. The van der Waals surface area contributed by atoms with Crippen molar-refractivity contribution in [3.63, 3.8) is 0 Å². The topological polar surface area (TPSA) is 24.5 Å². The fourth-order valence-electron chi connectivity index (χ4n) is 2.51. The van der Waals surface area contributed by atoms with Crippen molar-refractivity contribution < 1.29 is 4.74 Å². The maximum Gasteiger partial charge on any atom is 0.0905 e. The quantitative estimate of drug-likeness (QED) is 0.904. The molecule has 19 heavy (non-hydrogen) atoms. The molecule has 3 nitrogen and oxygen atoms in total. The zero-order valence-corrected chi connectivity index (χ0v) is 13.4. The van der Waals surface area contributed by atoms with Crippen LogP contribution >= 0.6 is 22.9 Å². The molecule has 0 aliphatic carbocycles. The van der Waals surface area contributed by atoms with Gasteiger partial charge in [-0.3, -0.25) is 4.90 Å². The lowest BCUT2D eigenvalue weighted by atomic mass is 10.1. The molecule has 1 aromatic rings. The summed E-state index contributed by atoms with van der Waals surface area (Å²) in [4.78, 5) is 3.67. The lowest BCUT2D eigenvalue weighted by molar-refractivity contribution is -0.0553. The second-order valence-corrected chi connectivity index (χ2v) is 6.52. The third-order valence-electron chi connectivity index (χ3n) is 3.58. The summed E-state index contributed by atoms with van der Waals surface area (Å²) >= 11 is 8.00. The van der Waals surface area contributed by atoms with Gasteiger partial charge in [0.2, 0.25) is 0 Å². The van der Waals surface area contributed by atoms with E-state index in [2.05, 4.69) is 31.0 Å².